The maximum Gasteiger partial charge on any atom is 0.231 e. The lowest BCUT2D eigenvalue weighted by molar-refractivity contribution is 0.101. The molecule has 0 fully saturated rings. The molecule has 3 heteroatoms. The van der Waals surface area contributed by atoms with Crippen LogP contribution in [0.2, 0.25) is 0 Å². The molecule has 0 atom stereocenters. The third kappa shape index (κ3) is 1.66. The Labute approximate surface area is 104 Å². The third-order valence-corrected chi connectivity index (χ3v) is 2.80. The van der Waals surface area contributed by atoms with Crippen LogP contribution < -0.4 is 4.74 Å². The van der Waals surface area contributed by atoms with Crippen LogP contribution in [-0.2, 0) is 0 Å². The van der Waals surface area contributed by atoms with Gasteiger partial charge >= 0.3 is 0 Å². The van der Waals surface area contributed by atoms with Crippen LogP contribution in [0.15, 0.2) is 54.3 Å². The average Bonchev–Trinajstić information content (AvgIpc) is 2.70. The van der Waals surface area contributed by atoms with Gasteiger partial charge in [-0.2, -0.15) is 0 Å². The highest BCUT2D eigenvalue weighted by Crippen LogP contribution is 2.32. The summed E-state index contributed by atoms with van der Waals surface area (Å²) in [5.41, 5.74) is 1.12. The molecule has 0 amide bonds. The van der Waals surface area contributed by atoms with E-state index in [4.69, 9.17) is 4.74 Å². The van der Waals surface area contributed by atoms with Crippen molar-refractivity contribution in [2.75, 3.05) is 0 Å². The summed E-state index contributed by atoms with van der Waals surface area (Å²) in [6, 6.07) is 13.9. The maximum absolute atomic E-state index is 12.0. The van der Waals surface area contributed by atoms with Crippen molar-refractivity contribution in [1.82, 2.24) is 0 Å². The number of carbonyl (C=O) groups excluding carboxylic acids is 1. The van der Waals surface area contributed by atoms with Gasteiger partial charge in [0, 0.05) is 5.56 Å². The van der Waals surface area contributed by atoms with Gasteiger partial charge in [0.1, 0.15) is 11.5 Å². The van der Waals surface area contributed by atoms with E-state index in [-0.39, 0.29) is 17.3 Å². The monoisotopic (exact) mass is 238 g/mol. The van der Waals surface area contributed by atoms with Gasteiger partial charge in [-0.1, -0.05) is 30.3 Å². The molecule has 0 spiro atoms. The van der Waals surface area contributed by atoms with Gasteiger partial charge in [0.25, 0.3) is 0 Å². The number of ketones is 1. The number of hydrogen-bond acceptors (Lipinski definition) is 3. The van der Waals surface area contributed by atoms with Crippen LogP contribution in [0.4, 0.5) is 0 Å². The van der Waals surface area contributed by atoms with Gasteiger partial charge in [-0.3, -0.25) is 4.79 Å². The maximum atomic E-state index is 12.0. The molecule has 1 aliphatic rings. The Bertz CT molecular complexity index is 656. The summed E-state index contributed by atoms with van der Waals surface area (Å²) < 4.78 is 5.48. The number of aromatic hydroxyl groups is 1. The molecule has 2 aromatic carbocycles. The number of benzene rings is 2. The predicted octanol–water partition coefficient (Wildman–Crippen LogP) is 3.01. The fraction of sp³-hybridized carbons (Fsp3) is 0. The van der Waals surface area contributed by atoms with Crippen molar-refractivity contribution in [3.8, 4) is 11.5 Å². The van der Waals surface area contributed by atoms with Crippen LogP contribution >= 0.6 is 0 Å². The number of carbonyl (C=O) groups is 1. The molecule has 0 saturated carbocycles. The van der Waals surface area contributed by atoms with Crippen LogP contribution in [0.1, 0.15) is 15.9 Å². The Morgan fingerprint density at radius 2 is 1.72 bits per heavy atom. The summed E-state index contributed by atoms with van der Waals surface area (Å²) >= 11 is 0. The molecule has 0 aliphatic carbocycles. The average molecular weight is 238 g/mol. The molecule has 3 nitrogen and oxygen atoms in total. The number of fused-ring (bicyclic) bond motifs is 1. The van der Waals surface area contributed by atoms with Crippen LogP contribution in [0, 0.1) is 0 Å². The fourth-order valence-corrected chi connectivity index (χ4v) is 1.89. The zero-order valence-corrected chi connectivity index (χ0v) is 9.46. The Kier molecular flexibility index (Phi) is 2.38. The van der Waals surface area contributed by atoms with E-state index in [1.165, 1.54) is 0 Å². The van der Waals surface area contributed by atoms with Crippen molar-refractivity contribution < 1.29 is 14.6 Å². The normalized spacial score (nSPS) is 15.6. The first-order chi connectivity index (χ1) is 8.75. The topological polar surface area (TPSA) is 46.5 Å². The first-order valence-electron chi connectivity index (χ1n) is 5.57. The smallest absolute Gasteiger partial charge is 0.231 e. The zero-order chi connectivity index (χ0) is 12.5. The molecular formula is C15H10O3. The van der Waals surface area contributed by atoms with E-state index in [9.17, 15) is 9.90 Å². The number of allylic oxidation sites excluding steroid dienone is 1. The minimum absolute atomic E-state index is 0.123. The van der Waals surface area contributed by atoms with Crippen molar-refractivity contribution in [1.29, 1.82) is 0 Å². The van der Waals surface area contributed by atoms with E-state index in [0.717, 1.165) is 0 Å². The molecule has 0 saturated heterocycles. The second-order valence-electron chi connectivity index (χ2n) is 3.99. The standard InChI is InChI=1S/C15H10O3/c16-12-7-3-1-5-10(12)9-14-15(17)11-6-2-4-8-13(11)18-14/h1-9,16H/b14-9-. The van der Waals surface area contributed by atoms with Crippen molar-refractivity contribution in [3.63, 3.8) is 0 Å². The highest BCUT2D eigenvalue weighted by atomic mass is 16.5. The van der Waals surface area contributed by atoms with E-state index in [1.807, 2.05) is 6.07 Å². The van der Waals surface area contributed by atoms with Gasteiger partial charge in [-0.15, -0.1) is 0 Å². The second kappa shape index (κ2) is 4.04. The van der Waals surface area contributed by atoms with Crippen molar-refractivity contribution in [2.24, 2.45) is 0 Å². The van der Waals surface area contributed by atoms with Gasteiger partial charge < -0.3 is 9.84 Å². The molecule has 18 heavy (non-hydrogen) atoms. The molecule has 88 valence electrons. The second-order valence-corrected chi connectivity index (χ2v) is 3.99. The minimum Gasteiger partial charge on any atom is -0.507 e. The number of phenolic OH excluding ortho intramolecular Hbond substituents is 1. The minimum atomic E-state index is -0.158. The molecule has 0 aromatic heterocycles. The molecule has 0 unspecified atom stereocenters. The zero-order valence-electron chi connectivity index (χ0n) is 9.46. The molecule has 0 bridgehead atoms. The van der Waals surface area contributed by atoms with E-state index in [0.29, 0.717) is 16.9 Å². The number of phenols is 1. The Balaban J connectivity index is 2.02. The molecule has 1 aliphatic heterocycles. The molecule has 2 aromatic rings. The van der Waals surface area contributed by atoms with Crippen LogP contribution in [0.5, 0.6) is 11.5 Å². The van der Waals surface area contributed by atoms with E-state index in [2.05, 4.69) is 0 Å². The molecule has 3 rings (SSSR count). The van der Waals surface area contributed by atoms with Crippen molar-refractivity contribution in [2.45, 2.75) is 0 Å². The summed E-state index contributed by atoms with van der Waals surface area (Å²) in [6.45, 7) is 0. The lowest BCUT2D eigenvalue weighted by Gasteiger charge is -2.00. The summed E-state index contributed by atoms with van der Waals surface area (Å²) in [5.74, 6) is 0.757. The third-order valence-electron chi connectivity index (χ3n) is 2.80. The highest BCUT2D eigenvalue weighted by Gasteiger charge is 2.26. The van der Waals surface area contributed by atoms with Crippen LogP contribution in [-0.4, -0.2) is 10.9 Å². The summed E-state index contributed by atoms with van der Waals surface area (Å²) in [6.07, 6.45) is 1.55. The van der Waals surface area contributed by atoms with Gasteiger partial charge in [-0.25, -0.2) is 0 Å². The quantitative estimate of drug-likeness (QED) is 0.777. The molecular weight excluding hydrogens is 228 g/mol. The fourth-order valence-electron chi connectivity index (χ4n) is 1.89. The van der Waals surface area contributed by atoms with E-state index < -0.39 is 0 Å². The SMILES string of the molecule is O=C1/C(=C/c2ccccc2O)Oc2ccccc21. The Morgan fingerprint density at radius 1 is 1.00 bits per heavy atom. The van der Waals surface area contributed by atoms with E-state index >= 15 is 0 Å². The lowest BCUT2D eigenvalue weighted by atomic mass is 10.1. The number of rotatable bonds is 1. The number of Topliss-reactive ketones (excluding diaryl/α,β-unsaturated/α-hetero) is 1. The van der Waals surface area contributed by atoms with Crippen LogP contribution in [0.3, 0.4) is 0 Å². The number of ether oxygens (including phenoxy) is 1. The Morgan fingerprint density at radius 3 is 2.50 bits per heavy atom. The van der Waals surface area contributed by atoms with E-state index in [1.54, 1.807) is 48.5 Å². The number of para-hydroxylation sites is 2. The molecule has 0 radical (unpaired) electrons. The summed E-state index contributed by atoms with van der Waals surface area (Å²) in [4.78, 5) is 12.0. The van der Waals surface area contributed by atoms with Gasteiger partial charge in [-0.05, 0) is 24.3 Å². The van der Waals surface area contributed by atoms with Crippen molar-refractivity contribution >= 4 is 11.9 Å². The predicted molar refractivity (Wildman–Crippen MR) is 67.5 cm³/mol. The van der Waals surface area contributed by atoms with Gasteiger partial charge in [0.2, 0.25) is 5.78 Å². The largest absolute Gasteiger partial charge is 0.507 e. The molecule has 1 heterocycles. The first-order valence-corrected chi connectivity index (χ1v) is 5.57. The lowest BCUT2D eigenvalue weighted by Crippen LogP contribution is -1.97. The van der Waals surface area contributed by atoms with Gasteiger partial charge in [0.05, 0.1) is 5.56 Å². The molecule has 1 N–H and O–H groups in total. The van der Waals surface area contributed by atoms with Gasteiger partial charge in [0.15, 0.2) is 5.76 Å². The Hall–Kier alpha value is -2.55. The summed E-state index contributed by atoms with van der Waals surface area (Å²) in [7, 11) is 0. The summed E-state index contributed by atoms with van der Waals surface area (Å²) in [5, 5.41) is 9.66. The number of hydrogen-bond donors (Lipinski definition) is 1. The van der Waals surface area contributed by atoms with Crippen LogP contribution in [0.25, 0.3) is 6.08 Å². The van der Waals surface area contributed by atoms with Crippen molar-refractivity contribution in [3.05, 3.63) is 65.4 Å². The first kappa shape index (κ1) is 10.6. The highest BCUT2D eigenvalue weighted by molar-refractivity contribution is 6.14.